The summed E-state index contributed by atoms with van der Waals surface area (Å²) in [5.41, 5.74) is 2.29. The predicted molar refractivity (Wildman–Crippen MR) is 107 cm³/mol. The molecule has 0 spiro atoms. The monoisotopic (exact) mass is 395 g/mol. The smallest absolute Gasteiger partial charge is 0.339 e. The second-order valence-corrected chi connectivity index (χ2v) is 7.74. The van der Waals surface area contributed by atoms with Crippen LogP contribution in [0.2, 0.25) is 0 Å². The number of carbonyl (C=O) groups is 2. The number of benzene rings is 2. The van der Waals surface area contributed by atoms with E-state index in [0.29, 0.717) is 30.9 Å². The fraction of sp³-hybridized carbons (Fsp3) is 0.391. The van der Waals surface area contributed by atoms with Crippen LogP contribution in [-0.2, 0) is 16.0 Å². The molecule has 0 saturated carbocycles. The molecule has 2 aliphatic rings. The van der Waals surface area contributed by atoms with E-state index in [9.17, 15) is 9.59 Å². The van der Waals surface area contributed by atoms with Crippen molar-refractivity contribution in [3.8, 4) is 11.5 Å². The van der Waals surface area contributed by atoms with E-state index in [4.69, 9.17) is 14.2 Å². The van der Waals surface area contributed by atoms with E-state index in [2.05, 4.69) is 5.32 Å². The van der Waals surface area contributed by atoms with Crippen LogP contribution in [0.25, 0.3) is 0 Å². The molecule has 0 saturated heterocycles. The second-order valence-electron chi connectivity index (χ2n) is 7.74. The summed E-state index contributed by atoms with van der Waals surface area (Å²) in [6.07, 6.45) is 0.377. The highest BCUT2D eigenvalue weighted by Gasteiger charge is 2.33. The largest absolute Gasteiger partial charge is 0.490 e. The molecule has 6 heteroatoms. The average molecular weight is 395 g/mol. The minimum atomic E-state index is -0.834. The molecule has 29 heavy (non-hydrogen) atoms. The minimum Gasteiger partial charge on any atom is -0.490 e. The Kier molecular flexibility index (Phi) is 5.43. The molecule has 2 aromatic carbocycles. The molecule has 2 heterocycles. The van der Waals surface area contributed by atoms with E-state index in [1.807, 2.05) is 44.2 Å². The van der Waals surface area contributed by atoms with Gasteiger partial charge >= 0.3 is 5.97 Å². The molecule has 2 aromatic rings. The van der Waals surface area contributed by atoms with Crippen molar-refractivity contribution in [2.24, 2.45) is 5.92 Å². The third-order valence-electron chi connectivity index (χ3n) is 5.28. The average Bonchev–Trinajstić information content (AvgIpc) is 2.96. The molecular weight excluding hydrogens is 370 g/mol. The summed E-state index contributed by atoms with van der Waals surface area (Å²) in [6, 6.07) is 12.7. The first kappa shape index (κ1) is 19.3. The van der Waals surface area contributed by atoms with Crippen LogP contribution in [0.15, 0.2) is 42.5 Å². The van der Waals surface area contributed by atoms with E-state index >= 15 is 0 Å². The van der Waals surface area contributed by atoms with E-state index < -0.39 is 12.1 Å². The second kappa shape index (κ2) is 8.15. The number of cyclic esters (lactones) is 1. The number of hydrogen-bond acceptors (Lipinski definition) is 5. The Bertz CT molecular complexity index is 923. The normalized spacial score (nSPS) is 19.0. The highest BCUT2D eigenvalue weighted by molar-refractivity contribution is 5.95. The summed E-state index contributed by atoms with van der Waals surface area (Å²) in [4.78, 5) is 25.2. The van der Waals surface area contributed by atoms with Gasteiger partial charge in [0.05, 0.1) is 24.8 Å². The van der Waals surface area contributed by atoms with Gasteiger partial charge in [-0.15, -0.1) is 0 Å². The Labute approximate surface area is 170 Å². The van der Waals surface area contributed by atoms with Gasteiger partial charge in [-0.25, -0.2) is 4.79 Å². The molecule has 1 amide bonds. The lowest BCUT2D eigenvalue weighted by Crippen LogP contribution is -2.44. The lowest BCUT2D eigenvalue weighted by atomic mass is 9.94. The van der Waals surface area contributed by atoms with Crippen molar-refractivity contribution in [1.29, 1.82) is 0 Å². The molecule has 0 aromatic heterocycles. The van der Waals surface area contributed by atoms with Crippen molar-refractivity contribution in [2.45, 2.75) is 38.8 Å². The van der Waals surface area contributed by atoms with Gasteiger partial charge in [-0.2, -0.15) is 0 Å². The Morgan fingerprint density at radius 2 is 1.83 bits per heavy atom. The molecule has 0 radical (unpaired) electrons. The molecule has 6 nitrogen and oxygen atoms in total. The third kappa shape index (κ3) is 4.06. The molecule has 2 unspecified atom stereocenters. The Morgan fingerprint density at radius 1 is 1.07 bits per heavy atom. The quantitative estimate of drug-likeness (QED) is 0.803. The maximum Gasteiger partial charge on any atom is 0.339 e. The Morgan fingerprint density at radius 3 is 2.62 bits per heavy atom. The molecule has 0 fully saturated rings. The number of hydrogen-bond donors (Lipinski definition) is 1. The molecule has 0 aliphatic carbocycles. The first-order valence-corrected chi connectivity index (χ1v) is 10.0. The van der Waals surface area contributed by atoms with Crippen LogP contribution in [0.3, 0.4) is 0 Å². The molecular formula is C23H25NO5. The van der Waals surface area contributed by atoms with Gasteiger partial charge in [-0.1, -0.05) is 38.1 Å². The van der Waals surface area contributed by atoms with E-state index in [-0.39, 0.29) is 17.9 Å². The lowest BCUT2D eigenvalue weighted by Gasteiger charge is -2.28. The molecule has 4 rings (SSSR count). The summed E-state index contributed by atoms with van der Waals surface area (Å²) in [5, 5.41) is 3.06. The summed E-state index contributed by atoms with van der Waals surface area (Å²) >= 11 is 0. The van der Waals surface area contributed by atoms with Crippen molar-refractivity contribution < 1.29 is 23.8 Å². The highest BCUT2D eigenvalue weighted by atomic mass is 16.5. The highest BCUT2D eigenvalue weighted by Crippen LogP contribution is 2.34. The molecule has 0 bridgehead atoms. The van der Waals surface area contributed by atoms with Crippen LogP contribution in [0.1, 0.15) is 47.8 Å². The third-order valence-corrected chi connectivity index (χ3v) is 5.28. The zero-order valence-electron chi connectivity index (χ0n) is 16.6. The van der Waals surface area contributed by atoms with Gasteiger partial charge < -0.3 is 19.5 Å². The number of ether oxygens (including phenoxy) is 3. The maximum atomic E-state index is 12.9. The van der Waals surface area contributed by atoms with Gasteiger partial charge in [0.25, 0.3) is 5.91 Å². The number of nitrogens with one attached hydrogen (secondary N) is 1. The molecule has 2 atom stereocenters. The van der Waals surface area contributed by atoms with Crippen molar-refractivity contribution in [3.63, 3.8) is 0 Å². The van der Waals surface area contributed by atoms with E-state index in [1.54, 1.807) is 12.1 Å². The van der Waals surface area contributed by atoms with Gasteiger partial charge in [-0.05, 0) is 35.2 Å². The summed E-state index contributed by atoms with van der Waals surface area (Å²) in [6.45, 7) is 5.31. The first-order valence-electron chi connectivity index (χ1n) is 10.0. The van der Waals surface area contributed by atoms with Crippen LogP contribution >= 0.6 is 0 Å². The zero-order chi connectivity index (χ0) is 20.4. The maximum absolute atomic E-state index is 12.9. The fourth-order valence-corrected chi connectivity index (χ4v) is 3.73. The summed E-state index contributed by atoms with van der Waals surface area (Å²) in [7, 11) is 0. The molecule has 1 N–H and O–H groups in total. The van der Waals surface area contributed by atoms with E-state index in [0.717, 1.165) is 23.3 Å². The van der Waals surface area contributed by atoms with Gasteiger partial charge in [-0.3, -0.25) is 4.79 Å². The predicted octanol–water partition coefficient (Wildman–Crippen LogP) is 3.44. The lowest BCUT2D eigenvalue weighted by molar-refractivity contribution is -0.131. The van der Waals surface area contributed by atoms with Gasteiger partial charge in [0.15, 0.2) is 17.6 Å². The van der Waals surface area contributed by atoms with Crippen molar-refractivity contribution in [3.05, 3.63) is 59.2 Å². The van der Waals surface area contributed by atoms with E-state index in [1.165, 1.54) is 0 Å². The van der Waals surface area contributed by atoms with Crippen molar-refractivity contribution in [1.82, 2.24) is 5.32 Å². The number of amides is 1. The Hall–Kier alpha value is -3.02. The SMILES string of the molecule is CC(C)C(NC(=O)C1Cc2ccccc2C(=O)O1)c1ccc2c(c1)OCCCO2. The number of esters is 1. The summed E-state index contributed by atoms with van der Waals surface area (Å²) in [5.74, 6) is 0.799. The fourth-order valence-electron chi connectivity index (χ4n) is 3.73. The molecule has 2 aliphatic heterocycles. The van der Waals surface area contributed by atoms with Crippen LogP contribution in [0.5, 0.6) is 11.5 Å². The van der Waals surface area contributed by atoms with Crippen LogP contribution < -0.4 is 14.8 Å². The molecule has 152 valence electrons. The van der Waals surface area contributed by atoms with Crippen molar-refractivity contribution in [2.75, 3.05) is 13.2 Å². The van der Waals surface area contributed by atoms with Gasteiger partial charge in [0.1, 0.15) is 0 Å². The van der Waals surface area contributed by atoms with Gasteiger partial charge in [0, 0.05) is 12.8 Å². The Balaban J connectivity index is 1.53. The van der Waals surface area contributed by atoms with Crippen LogP contribution in [-0.4, -0.2) is 31.2 Å². The standard InChI is InChI=1S/C23H25NO5/c1-14(2)21(16-8-9-18-19(13-16)28-11-5-10-27-18)24-22(25)20-12-15-6-3-4-7-17(15)23(26)29-20/h3-4,6-9,13-14,20-21H,5,10-12H2,1-2H3,(H,24,25). The number of carbonyl (C=O) groups excluding carboxylic acids is 2. The number of fused-ring (bicyclic) bond motifs is 2. The topological polar surface area (TPSA) is 73.9 Å². The summed E-state index contributed by atoms with van der Waals surface area (Å²) < 4.78 is 16.9. The van der Waals surface area contributed by atoms with Crippen LogP contribution in [0.4, 0.5) is 0 Å². The number of rotatable bonds is 4. The van der Waals surface area contributed by atoms with Crippen molar-refractivity contribution >= 4 is 11.9 Å². The minimum absolute atomic E-state index is 0.135. The van der Waals surface area contributed by atoms with Gasteiger partial charge in [0.2, 0.25) is 0 Å². The van der Waals surface area contributed by atoms with Crippen LogP contribution in [0, 0.1) is 5.92 Å². The zero-order valence-corrected chi connectivity index (χ0v) is 16.6. The first-order chi connectivity index (χ1) is 14.0.